The van der Waals surface area contributed by atoms with Gasteiger partial charge in [0.2, 0.25) is 0 Å². The molecule has 114 valence electrons. The topological polar surface area (TPSA) is 82.0 Å². The van der Waals surface area contributed by atoms with E-state index in [-0.39, 0.29) is 11.8 Å². The maximum Gasteiger partial charge on any atom is 0.255 e. The molecule has 2 N–H and O–H groups in total. The highest BCUT2D eigenvalue weighted by atomic mass is 16.2. The zero-order valence-electron chi connectivity index (χ0n) is 12.4. The average Bonchev–Trinajstić information content (AvgIpc) is 2.60. The van der Waals surface area contributed by atoms with E-state index in [0.29, 0.717) is 28.9 Å². The Hall–Kier alpha value is -3.39. The average molecular weight is 305 g/mol. The van der Waals surface area contributed by atoms with Gasteiger partial charge in [-0.3, -0.25) is 9.59 Å². The van der Waals surface area contributed by atoms with E-state index >= 15 is 0 Å². The number of nitrogens with one attached hydrogen (secondary N) is 2. The minimum absolute atomic E-state index is 0.281. The number of benzene rings is 2. The van der Waals surface area contributed by atoms with Crippen LogP contribution < -0.4 is 10.6 Å². The maximum absolute atomic E-state index is 12.3. The minimum Gasteiger partial charge on any atom is -0.349 e. The second kappa shape index (κ2) is 7.57. The van der Waals surface area contributed by atoms with Crippen LogP contribution in [0.15, 0.2) is 61.2 Å². The molecule has 0 radical (unpaired) electrons. The first-order chi connectivity index (χ1) is 11.2. The second-order valence-corrected chi connectivity index (χ2v) is 4.69. The summed E-state index contributed by atoms with van der Waals surface area (Å²) in [6, 6.07) is 15.1. The van der Waals surface area contributed by atoms with Gasteiger partial charge in [-0.05, 0) is 30.3 Å². The monoisotopic (exact) mass is 305 g/mol. The van der Waals surface area contributed by atoms with Crippen LogP contribution in [0.25, 0.3) is 0 Å². The Kier molecular flexibility index (Phi) is 5.26. The molecular formula is C18H15N3O2. The number of carbonyl (C=O) groups excluding carboxylic acids is 2. The summed E-state index contributed by atoms with van der Waals surface area (Å²) in [6.07, 6.45) is 1.58. The Morgan fingerprint density at radius 2 is 1.78 bits per heavy atom. The summed E-state index contributed by atoms with van der Waals surface area (Å²) in [7, 11) is 0. The van der Waals surface area contributed by atoms with E-state index in [9.17, 15) is 9.59 Å². The van der Waals surface area contributed by atoms with Gasteiger partial charge < -0.3 is 10.6 Å². The summed E-state index contributed by atoms with van der Waals surface area (Å²) in [5, 5.41) is 14.4. The van der Waals surface area contributed by atoms with Crippen LogP contribution in [0, 0.1) is 11.3 Å². The van der Waals surface area contributed by atoms with E-state index in [4.69, 9.17) is 5.26 Å². The zero-order chi connectivity index (χ0) is 16.7. The maximum atomic E-state index is 12.3. The van der Waals surface area contributed by atoms with Crippen molar-refractivity contribution in [3.8, 4) is 6.07 Å². The molecule has 0 aromatic heterocycles. The summed E-state index contributed by atoms with van der Waals surface area (Å²) in [5.41, 5.74) is 1.53. The molecule has 2 rings (SSSR count). The molecule has 0 saturated heterocycles. The third-order valence-corrected chi connectivity index (χ3v) is 3.09. The van der Waals surface area contributed by atoms with Crippen molar-refractivity contribution >= 4 is 17.5 Å². The molecule has 0 saturated carbocycles. The molecule has 5 heteroatoms. The standard InChI is InChI=1S/C18H15N3O2/c1-2-10-20-17(22)13-7-5-8-14(11-13)18(23)21-16-9-4-3-6-15(16)12-19/h2-9,11H,1,10H2,(H,20,22)(H,21,23). The van der Waals surface area contributed by atoms with E-state index in [1.165, 1.54) is 6.07 Å². The Balaban J connectivity index is 2.18. The largest absolute Gasteiger partial charge is 0.349 e. The fourth-order valence-corrected chi connectivity index (χ4v) is 1.95. The van der Waals surface area contributed by atoms with Crippen LogP contribution in [0.4, 0.5) is 5.69 Å². The quantitative estimate of drug-likeness (QED) is 0.833. The van der Waals surface area contributed by atoms with E-state index in [2.05, 4.69) is 17.2 Å². The number of hydrogen-bond donors (Lipinski definition) is 2. The van der Waals surface area contributed by atoms with Crippen molar-refractivity contribution in [3.05, 3.63) is 77.9 Å². The van der Waals surface area contributed by atoms with Crippen molar-refractivity contribution in [2.75, 3.05) is 11.9 Å². The first kappa shape index (κ1) is 16.0. The van der Waals surface area contributed by atoms with Crippen molar-refractivity contribution in [1.29, 1.82) is 5.26 Å². The third-order valence-electron chi connectivity index (χ3n) is 3.09. The van der Waals surface area contributed by atoms with Crippen LogP contribution >= 0.6 is 0 Å². The van der Waals surface area contributed by atoms with E-state index in [0.717, 1.165) is 0 Å². The van der Waals surface area contributed by atoms with Gasteiger partial charge in [0.05, 0.1) is 11.3 Å². The van der Waals surface area contributed by atoms with Crippen LogP contribution in [0.1, 0.15) is 26.3 Å². The molecule has 2 aromatic rings. The van der Waals surface area contributed by atoms with Gasteiger partial charge in [-0.15, -0.1) is 6.58 Å². The molecule has 0 heterocycles. The van der Waals surface area contributed by atoms with Gasteiger partial charge in [0, 0.05) is 17.7 Å². The lowest BCUT2D eigenvalue weighted by Crippen LogP contribution is -2.23. The first-order valence-electron chi connectivity index (χ1n) is 6.95. The summed E-state index contributed by atoms with van der Waals surface area (Å²) in [6.45, 7) is 3.88. The Bertz CT molecular complexity index is 791. The SMILES string of the molecule is C=CCNC(=O)c1cccc(C(=O)Nc2ccccc2C#N)c1. The number of hydrogen-bond acceptors (Lipinski definition) is 3. The molecule has 0 bridgehead atoms. The van der Waals surface area contributed by atoms with Crippen molar-refractivity contribution < 1.29 is 9.59 Å². The number of rotatable bonds is 5. The van der Waals surface area contributed by atoms with Crippen LogP contribution in [-0.2, 0) is 0 Å². The molecular weight excluding hydrogens is 290 g/mol. The molecule has 0 unspecified atom stereocenters. The Morgan fingerprint density at radius 3 is 2.48 bits per heavy atom. The van der Waals surface area contributed by atoms with E-state index in [1.807, 2.05) is 6.07 Å². The molecule has 2 aromatic carbocycles. The van der Waals surface area contributed by atoms with Gasteiger partial charge in [0.25, 0.3) is 11.8 Å². The molecule has 0 spiro atoms. The summed E-state index contributed by atoms with van der Waals surface area (Å²) < 4.78 is 0. The van der Waals surface area contributed by atoms with Crippen LogP contribution in [0.5, 0.6) is 0 Å². The number of nitrogens with zero attached hydrogens (tertiary/aromatic N) is 1. The molecule has 0 aliphatic heterocycles. The summed E-state index contributed by atoms with van der Waals surface area (Å²) in [4.78, 5) is 24.2. The van der Waals surface area contributed by atoms with Gasteiger partial charge >= 0.3 is 0 Å². The normalized spacial score (nSPS) is 9.52. The number of nitriles is 1. The highest BCUT2D eigenvalue weighted by molar-refractivity contribution is 6.06. The van der Waals surface area contributed by atoms with E-state index < -0.39 is 0 Å². The summed E-state index contributed by atoms with van der Waals surface area (Å²) in [5.74, 6) is -0.664. The number of para-hydroxylation sites is 1. The summed E-state index contributed by atoms with van der Waals surface area (Å²) >= 11 is 0. The van der Waals surface area contributed by atoms with Crippen molar-refractivity contribution in [1.82, 2.24) is 5.32 Å². The van der Waals surface area contributed by atoms with Crippen molar-refractivity contribution in [2.45, 2.75) is 0 Å². The highest BCUT2D eigenvalue weighted by Gasteiger charge is 2.11. The van der Waals surface area contributed by atoms with E-state index in [1.54, 1.807) is 48.5 Å². The fourth-order valence-electron chi connectivity index (χ4n) is 1.95. The molecule has 0 atom stereocenters. The Labute approximate surface area is 134 Å². The second-order valence-electron chi connectivity index (χ2n) is 4.69. The van der Waals surface area contributed by atoms with Gasteiger partial charge in [-0.2, -0.15) is 5.26 Å². The number of carbonyl (C=O) groups is 2. The molecule has 0 aliphatic rings. The van der Waals surface area contributed by atoms with Gasteiger partial charge in [-0.1, -0.05) is 24.3 Å². The zero-order valence-corrected chi connectivity index (χ0v) is 12.4. The van der Waals surface area contributed by atoms with Crippen LogP contribution in [0.3, 0.4) is 0 Å². The predicted octanol–water partition coefficient (Wildman–Crippen LogP) is 2.73. The smallest absolute Gasteiger partial charge is 0.255 e. The van der Waals surface area contributed by atoms with Crippen LogP contribution in [-0.4, -0.2) is 18.4 Å². The fraction of sp³-hybridized carbons (Fsp3) is 0.0556. The van der Waals surface area contributed by atoms with Crippen molar-refractivity contribution in [3.63, 3.8) is 0 Å². The van der Waals surface area contributed by atoms with Crippen LogP contribution in [0.2, 0.25) is 0 Å². The molecule has 23 heavy (non-hydrogen) atoms. The Morgan fingerprint density at radius 1 is 1.09 bits per heavy atom. The highest BCUT2D eigenvalue weighted by Crippen LogP contribution is 2.15. The third kappa shape index (κ3) is 4.05. The van der Waals surface area contributed by atoms with Gasteiger partial charge in [-0.25, -0.2) is 0 Å². The first-order valence-corrected chi connectivity index (χ1v) is 6.95. The lowest BCUT2D eigenvalue weighted by Gasteiger charge is -2.08. The minimum atomic E-state index is -0.383. The predicted molar refractivity (Wildman–Crippen MR) is 88.1 cm³/mol. The van der Waals surface area contributed by atoms with Gasteiger partial charge in [0.15, 0.2) is 0 Å². The molecule has 0 aliphatic carbocycles. The van der Waals surface area contributed by atoms with Crippen molar-refractivity contribution in [2.24, 2.45) is 0 Å². The molecule has 0 fully saturated rings. The number of amides is 2. The van der Waals surface area contributed by atoms with Gasteiger partial charge in [0.1, 0.15) is 6.07 Å². The number of anilines is 1. The molecule has 2 amide bonds. The lowest BCUT2D eigenvalue weighted by atomic mass is 10.1. The molecule has 5 nitrogen and oxygen atoms in total. The lowest BCUT2D eigenvalue weighted by molar-refractivity contribution is 0.0958.